The van der Waals surface area contributed by atoms with Gasteiger partial charge in [-0.1, -0.05) is 30.3 Å². The van der Waals surface area contributed by atoms with Crippen LogP contribution in [-0.2, 0) is 12.6 Å². The number of alkyl halides is 3. The van der Waals surface area contributed by atoms with Crippen LogP contribution in [0, 0.1) is 0 Å². The maximum atomic E-state index is 12.7. The summed E-state index contributed by atoms with van der Waals surface area (Å²) in [6.45, 7) is 0.245. The van der Waals surface area contributed by atoms with Gasteiger partial charge in [-0.3, -0.25) is 0 Å². The molecule has 2 amide bonds. The van der Waals surface area contributed by atoms with Gasteiger partial charge in [0.15, 0.2) is 0 Å². The number of hydrogen-bond donors (Lipinski definition) is 2. The zero-order valence-corrected chi connectivity index (χ0v) is 13.8. The molecule has 0 heterocycles. The zero-order chi connectivity index (χ0) is 17.6. The molecule has 24 heavy (non-hydrogen) atoms. The topological polar surface area (TPSA) is 41.1 Å². The minimum atomic E-state index is -4.36. The number of rotatable bonds is 5. The standard InChI is InChI=1S/C17H17F3N2OS/c1-24-15-8-3-2-7-14(15)22-16(23)21-10-9-12-5-4-6-13(11-12)17(18,19)20/h2-8,11H,9-10H2,1H3,(H2,21,22,23). The third-order valence-corrected chi connectivity index (χ3v) is 4.10. The molecule has 0 spiro atoms. The molecule has 7 heteroatoms. The predicted molar refractivity (Wildman–Crippen MR) is 90.4 cm³/mol. The number of halogens is 3. The predicted octanol–water partition coefficient (Wildman–Crippen LogP) is 4.79. The number of amides is 2. The molecular formula is C17H17F3N2OS. The quantitative estimate of drug-likeness (QED) is 0.758. The normalized spacial score (nSPS) is 11.2. The van der Waals surface area contributed by atoms with Gasteiger partial charge in [-0.05, 0) is 36.4 Å². The molecule has 0 aliphatic rings. The van der Waals surface area contributed by atoms with Crippen LogP contribution in [0.25, 0.3) is 0 Å². The van der Waals surface area contributed by atoms with E-state index in [9.17, 15) is 18.0 Å². The van der Waals surface area contributed by atoms with Crippen LogP contribution in [0.15, 0.2) is 53.4 Å². The highest BCUT2D eigenvalue weighted by molar-refractivity contribution is 7.98. The molecule has 0 aliphatic carbocycles. The van der Waals surface area contributed by atoms with Crippen LogP contribution in [0.4, 0.5) is 23.7 Å². The number of nitrogens with one attached hydrogen (secondary N) is 2. The van der Waals surface area contributed by atoms with Gasteiger partial charge in [0.05, 0.1) is 11.3 Å². The van der Waals surface area contributed by atoms with Crippen molar-refractivity contribution in [3.8, 4) is 0 Å². The Hall–Kier alpha value is -2.15. The van der Waals surface area contributed by atoms with Gasteiger partial charge >= 0.3 is 12.2 Å². The van der Waals surface area contributed by atoms with Crippen molar-refractivity contribution < 1.29 is 18.0 Å². The molecule has 0 atom stereocenters. The summed E-state index contributed by atoms with van der Waals surface area (Å²) < 4.78 is 38.0. The molecule has 2 aromatic carbocycles. The van der Waals surface area contributed by atoms with E-state index in [-0.39, 0.29) is 12.6 Å². The van der Waals surface area contributed by atoms with Crippen LogP contribution in [-0.4, -0.2) is 18.8 Å². The molecule has 0 unspecified atom stereocenters. The molecule has 128 valence electrons. The largest absolute Gasteiger partial charge is 0.416 e. The molecule has 2 rings (SSSR count). The fourth-order valence-corrected chi connectivity index (χ4v) is 2.69. The molecule has 0 aliphatic heterocycles. The van der Waals surface area contributed by atoms with E-state index < -0.39 is 11.7 Å². The summed E-state index contributed by atoms with van der Waals surface area (Å²) in [5.74, 6) is 0. The van der Waals surface area contributed by atoms with E-state index in [4.69, 9.17) is 0 Å². The molecule has 2 N–H and O–H groups in total. The van der Waals surface area contributed by atoms with Gasteiger partial charge in [0.25, 0.3) is 0 Å². The van der Waals surface area contributed by atoms with Crippen molar-refractivity contribution in [3.63, 3.8) is 0 Å². The van der Waals surface area contributed by atoms with Crippen molar-refractivity contribution in [3.05, 3.63) is 59.7 Å². The van der Waals surface area contributed by atoms with E-state index >= 15 is 0 Å². The highest BCUT2D eigenvalue weighted by Gasteiger charge is 2.30. The van der Waals surface area contributed by atoms with E-state index in [1.165, 1.54) is 17.8 Å². The highest BCUT2D eigenvalue weighted by atomic mass is 32.2. The van der Waals surface area contributed by atoms with Crippen molar-refractivity contribution in [2.75, 3.05) is 18.1 Å². The third-order valence-electron chi connectivity index (χ3n) is 3.31. The van der Waals surface area contributed by atoms with Gasteiger partial charge < -0.3 is 10.6 Å². The fourth-order valence-electron chi connectivity index (χ4n) is 2.14. The summed E-state index contributed by atoms with van der Waals surface area (Å²) in [5, 5.41) is 5.38. The third kappa shape index (κ3) is 5.19. The molecule has 3 nitrogen and oxygen atoms in total. The Morgan fingerprint density at radius 1 is 1.12 bits per heavy atom. The first-order valence-corrected chi connectivity index (χ1v) is 8.46. The van der Waals surface area contributed by atoms with Gasteiger partial charge in [0.2, 0.25) is 0 Å². The molecule has 2 aromatic rings. The fraction of sp³-hybridized carbons (Fsp3) is 0.235. The number of hydrogen-bond acceptors (Lipinski definition) is 2. The molecule has 0 bridgehead atoms. The molecule has 0 saturated carbocycles. The Balaban J connectivity index is 1.87. The van der Waals surface area contributed by atoms with Crippen molar-refractivity contribution in [1.29, 1.82) is 0 Å². The lowest BCUT2D eigenvalue weighted by atomic mass is 10.1. The smallest absolute Gasteiger partial charge is 0.338 e. The van der Waals surface area contributed by atoms with Crippen molar-refractivity contribution in [2.45, 2.75) is 17.5 Å². The highest BCUT2D eigenvalue weighted by Crippen LogP contribution is 2.29. The van der Waals surface area contributed by atoms with Crippen LogP contribution in [0.5, 0.6) is 0 Å². The Kier molecular flexibility index (Phi) is 6.14. The van der Waals surface area contributed by atoms with Crippen molar-refractivity contribution in [1.82, 2.24) is 5.32 Å². The average Bonchev–Trinajstić information content (AvgIpc) is 2.55. The molecular weight excluding hydrogens is 337 g/mol. The number of para-hydroxylation sites is 1. The second-order valence-electron chi connectivity index (χ2n) is 5.03. The second-order valence-corrected chi connectivity index (χ2v) is 5.88. The lowest BCUT2D eigenvalue weighted by Crippen LogP contribution is -2.30. The van der Waals surface area contributed by atoms with E-state index in [2.05, 4.69) is 10.6 Å². The van der Waals surface area contributed by atoms with E-state index in [0.29, 0.717) is 17.7 Å². The van der Waals surface area contributed by atoms with Crippen LogP contribution < -0.4 is 10.6 Å². The molecule has 0 radical (unpaired) electrons. The number of carbonyl (C=O) groups is 1. The van der Waals surface area contributed by atoms with Crippen molar-refractivity contribution in [2.24, 2.45) is 0 Å². The van der Waals surface area contributed by atoms with E-state index in [1.54, 1.807) is 12.1 Å². The second kappa shape index (κ2) is 8.10. The molecule has 0 fully saturated rings. The summed E-state index contributed by atoms with van der Waals surface area (Å²) in [7, 11) is 0. The zero-order valence-electron chi connectivity index (χ0n) is 13.0. The first-order chi connectivity index (χ1) is 11.4. The van der Waals surface area contributed by atoms with Gasteiger partial charge in [-0.25, -0.2) is 4.79 Å². The maximum absolute atomic E-state index is 12.7. The summed E-state index contributed by atoms with van der Waals surface area (Å²) >= 11 is 1.51. The van der Waals surface area contributed by atoms with E-state index in [0.717, 1.165) is 17.0 Å². The summed E-state index contributed by atoms with van der Waals surface area (Å²) in [5.41, 5.74) is 0.537. The van der Waals surface area contributed by atoms with Crippen LogP contribution in [0.1, 0.15) is 11.1 Å². The first-order valence-electron chi connectivity index (χ1n) is 7.24. The van der Waals surface area contributed by atoms with Crippen LogP contribution in [0.3, 0.4) is 0 Å². The summed E-state index contributed by atoms with van der Waals surface area (Å²) in [4.78, 5) is 12.8. The summed E-state index contributed by atoms with van der Waals surface area (Å²) in [6.07, 6.45) is -2.13. The Bertz CT molecular complexity index is 704. The SMILES string of the molecule is CSc1ccccc1NC(=O)NCCc1cccc(C(F)(F)F)c1. The lowest BCUT2D eigenvalue weighted by Gasteiger charge is -2.11. The lowest BCUT2D eigenvalue weighted by molar-refractivity contribution is -0.137. The monoisotopic (exact) mass is 354 g/mol. The molecule has 0 aromatic heterocycles. The number of urea groups is 1. The number of thioether (sulfide) groups is 1. The summed E-state index contributed by atoms with van der Waals surface area (Å²) in [6, 6.07) is 12.1. The van der Waals surface area contributed by atoms with Crippen LogP contribution in [0.2, 0.25) is 0 Å². The Labute approximate surface area is 142 Å². The average molecular weight is 354 g/mol. The van der Waals surface area contributed by atoms with E-state index in [1.807, 2.05) is 24.5 Å². The van der Waals surface area contributed by atoms with Gasteiger partial charge in [-0.15, -0.1) is 11.8 Å². The van der Waals surface area contributed by atoms with Gasteiger partial charge in [-0.2, -0.15) is 13.2 Å². The minimum absolute atomic E-state index is 0.245. The number of benzene rings is 2. The Morgan fingerprint density at radius 3 is 2.58 bits per heavy atom. The Morgan fingerprint density at radius 2 is 1.88 bits per heavy atom. The van der Waals surface area contributed by atoms with Gasteiger partial charge in [0.1, 0.15) is 0 Å². The molecule has 0 saturated heterocycles. The number of anilines is 1. The first kappa shape index (κ1) is 18.2. The maximum Gasteiger partial charge on any atom is 0.416 e. The van der Waals surface area contributed by atoms with Crippen LogP contribution >= 0.6 is 11.8 Å². The van der Waals surface area contributed by atoms with Gasteiger partial charge in [0, 0.05) is 11.4 Å². The van der Waals surface area contributed by atoms with Crippen molar-refractivity contribution >= 4 is 23.5 Å². The number of carbonyl (C=O) groups excluding carboxylic acids is 1. The minimum Gasteiger partial charge on any atom is -0.338 e.